The highest BCUT2D eigenvalue weighted by atomic mass is 32.2. The van der Waals surface area contributed by atoms with E-state index in [1.807, 2.05) is 30.5 Å². The van der Waals surface area contributed by atoms with Gasteiger partial charge in [-0.05, 0) is 18.4 Å². The van der Waals surface area contributed by atoms with Crippen molar-refractivity contribution in [2.24, 2.45) is 0 Å². The Hall–Kier alpha value is -1.68. The van der Waals surface area contributed by atoms with E-state index in [4.69, 9.17) is 0 Å². The zero-order valence-corrected chi connectivity index (χ0v) is 10.3. The summed E-state index contributed by atoms with van der Waals surface area (Å²) >= 11 is 1.66. The van der Waals surface area contributed by atoms with Crippen LogP contribution in [0.25, 0.3) is 0 Å². The average molecular weight is 244 g/mol. The molecule has 0 N–H and O–H groups in total. The Kier molecular flexibility index (Phi) is 3.88. The normalized spacial score (nSPS) is 10.2. The second-order valence-electron chi connectivity index (χ2n) is 3.53. The van der Waals surface area contributed by atoms with Crippen LogP contribution in [-0.2, 0) is 6.42 Å². The maximum Gasteiger partial charge on any atom is 0.168 e. The summed E-state index contributed by atoms with van der Waals surface area (Å²) in [6, 6.07) is 7.61. The third kappa shape index (κ3) is 3.14. The first-order valence-electron chi connectivity index (χ1n) is 5.22. The molecule has 0 unspecified atom stereocenters. The zero-order valence-electron chi connectivity index (χ0n) is 9.46. The first kappa shape index (κ1) is 11.8. The lowest BCUT2D eigenvalue weighted by Crippen LogP contribution is -2.05. The van der Waals surface area contributed by atoms with Crippen LogP contribution in [0, 0.1) is 0 Å². The number of Topliss-reactive ketones (excluding diaryl/α,β-unsaturated/α-hetero) is 1. The quantitative estimate of drug-likeness (QED) is 0.612. The molecular formula is C13H12N2OS. The van der Waals surface area contributed by atoms with Crippen molar-refractivity contribution in [2.45, 2.75) is 11.3 Å². The van der Waals surface area contributed by atoms with E-state index in [9.17, 15) is 4.79 Å². The maximum absolute atomic E-state index is 11.9. The van der Waals surface area contributed by atoms with Crippen molar-refractivity contribution < 1.29 is 4.79 Å². The molecule has 0 atom stereocenters. The Morgan fingerprint density at radius 3 is 2.59 bits per heavy atom. The molecule has 2 rings (SSSR count). The van der Waals surface area contributed by atoms with Crippen molar-refractivity contribution >= 4 is 17.5 Å². The lowest BCUT2D eigenvalue weighted by molar-refractivity contribution is 0.0992. The van der Waals surface area contributed by atoms with E-state index in [0.29, 0.717) is 17.7 Å². The van der Waals surface area contributed by atoms with Gasteiger partial charge in [-0.25, -0.2) is 0 Å². The summed E-state index contributed by atoms with van der Waals surface area (Å²) in [4.78, 5) is 21.1. The number of rotatable bonds is 4. The van der Waals surface area contributed by atoms with Crippen LogP contribution in [0.3, 0.4) is 0 Å². The highest BCUT2D eigenvalue weighted by Gasteiger charge is 2.07. The summed E-state index contributed by atoms with van der Waals surface area (Å²) in [5, 5.41) is 0. The van der Waals surface area contributed by atoms with Crippen LogP contribution in [0.2, 0.25) is 0 Å². The largest absolute Gasteiger partial charge is 0.294 e. The molecule has 0 aliphatic carbocycles. The van der Waals surface area contributed by atoms with Gasteiger partial charge in [-0.1, -0.05) is 12.1 Å². The van der Waals surface area contributed by atoms with Gasteiger partial charge in [-0.15, -0.1) is 11.8 Å². The Bertz CT molecular complexity index is 497. The first-order valence-corrected chi connectivity index (χ1v) is 6.44. The third-order valence-electron chi connectivity index (χ3n) is 2.37. The SMILES string of the molecule is CSc1ccc(C(=O)Cc2cnccn2)cc1. The molecule has 17 heavy (non-hydrogen) atoms. The molecule has 0 aliphatic heterocycles. The Morgan fingerprint density at radius 1 is 1.24 bits per heavy atom. The molecule has 1 aromatic heterocycles. The van der Waals surface area contributed by atoms with Crippen molar-refractivity contribution in [1.29, 1.82) is 0 Å². The van der Waals surface area contributed by atoms with Crippen LogP contribution >= 0.6 is 11.8 Å². The molecule has 0 spiro atoms. The van der Waals surface area contributed by atoms with Crippen molar-refractivity contribution in [2.75, 3.05) is 6.26 Å². The van der Waals surface area contributed by atoms with Gasteiger partial charge in [0.2, 0.25) is 0 Å². The second-order valence-corrected chi connectivity index (χ2v) is 4.40. The van der Waals surface area contributed by atoms with Gasteiger partial charge >= 0.3 is 0 Å². The molecule has 0 radical (unpaired) electrons. The predicted octanol–water partition coefficient (Wildman–Crippen LogP) is 2.62. The fourth-order valence-electron chi connectivity index (χ4n) is 1.46. The molecule has 2 aromatic rings. The number of benzene rings is 1. The topological polar surface area (TPSA) is 42.9 Å². The molecule has 1 heterocycles. The van der Waals surface area contributed by atoms with Gasteiger partial charge in [0.1, 0.15) is 0 Å². The molecular weight excluding hydrogens is 232 g/mol. The fourth-order valence-corrected chi connectivity index (χ4v) is 1.87. The van der Waals surface area contributed by atoms with Gasteiger partial charge in [0.05, 0.1) is 12.1 Å². The highest BCUT2D eigenvalue weighted by molar-refractivity contribution is 7.98. The van der Waals surface area contributed by atoms with Crippen molar-refractivity contribution in [1.82, 2.24) is 9.97 Å². The van der Waals surface area contributed by atoms with Crippen LogP contribution in [0.1, 0.15) is 16.1 Å². The van der Waals surface area contributed by atoms with Crippen LogP contribution in [0.4, 0.5) is 0 Å². The molecule has 3 nitrogen and oxygen atoms in total. The first-order chi connectivity index (χ1) is 8.29. The minimum atomic E-state index is 0.0677. The van der Waals surface area contributed by atoms with Crippen LogP contribution < -0.4 is 0 Å². The molecule has 4 heteroatoms. The molecule has 0 aliphatic rings. The number of nitrogens with zero attached hydrogens (tertiary/aromatic N) is 2. The fraction of sp³-hybridized carbons (Fsp3) is 0.154. The molecule has 0 bridgehead atoms. The van der Waals surface area contributed by atoms with Crippen molar-refractivity contribution in [3.05, 3.63) is 54.1 Å². The van der Waals surface area contributed by atoms with E-state index in [-0.39, 0.29) is 5.78 Å². The molecule has 1 aromatic carbocycles. The number of ketones is 1. The molecule has 0 saturated carbocycles. The van der Waals surface area contributed by atoms with Crippen LogP contribution in [-0.4, -0.2) is 22.0 Å². The summed E-state index contributed by atoms with van der Waals surface area (Å²) in [7, 11) is 0. The Balaban J connectivity index is 2.09. The standard InChI is InChI=1S/C13H12N2OS/c1-17-12-4-2-10(3-5-12)13(16)8-11-9-14-6-7-15-11/h2-7,9H,8H2,1H3. The minimum absolute atomic E-state index is 0.0677. The summed E-state index contributed by atoms with van der Waals surface area (Å²) in [6.45, 7) is 0. The van der Waals surface area contributed by atoms with Gasteiger partial charge in [-0.2, -0.15) is 0 Å². The maximum atomic E-state index is 11.9. The number of thioether (sulfide) groups is 1. The Labute approximate surface area is 104 Å². The summed E-state index contributed by atoms with van der Waals surface area (Å²) in [5.74, 6) is 0.0677. The zero-order chi connectivity index (χ0) is 12.1. The lowest BCUT2D eigenvalue weighted by atomic mass is 10.1. The van der Waals surface area contributed by atoms with E-state index in [2.05, 4.69) is 9.97 Å². The number of hydrogen-bond donors (Lipinski definition) is 0. The number of aromatic nitrogens is 2. The van der Waals surface area contributed by atoms with Gasteiger partial charge in [-0.3, -0.25) is 14.8 Å². The van der Waals surface area contributed by atoms with E-state index in [1.165, 1.54) is 0 Å². The Morgan fingerprint density at radius 2 is 2.00 bits per heavy atom. The molecule has 0 amide bonds. The third-order valence-corrected chi connectivity index (χ3v) is 3.11. The van der Waals surface area contributed by atoms with Gasteiger partial charge in [0.25, 0.3) is 0 Å². The molecule has 0 saturated heterocycles. The summed E-state index contributed by atoms with van der Waals surface area (Å²) in [6.07, 6.45) is 7.12. The number of carbonyl (C=O) groups is 1. The van der Waals surface area contributed by atoms with E-state index in [1.54, 1.807) is 30.4 Å². The average Bonchev–Trinajstić information content (AvgIpc) is 2.40. The van der Waals surface area contributed by atoms with Crippen molar-refractivity contribution in [3.8, 4) is 0 Å². The lowest BCUT2D eigenvalue weighted by Gasteiger charge is -2.01. The smallest absolute Gasteiger partial charge is 0.168 e. The summed E-state index contributed by atoms with van der Waals surface area (Å²) < 4.78 is 0. The number of carbonyl (C=O) groups excluding carboxylic acids is 1. The van der Waals surface area contributed by atoms with Gasteiger partial charge in [0, 0.05) is 29.0 Å². The van der Waals surface area contributed by atoms with E-state index < -0.39 is 0 Å². The van der Waals surface area contributed by atoms with Gasteiger partial charge < -0.3 is 0 Å². The van der Waals surface area contributed by atoms with Gasteiger partial charge in [0.15, 0.2) is 5.78 Å². The second kappa shape index (κ2) is 5.59. The molecule has 86 valence electrons. The van der Waals surface area contributed by atoms with Crippen LogP contribution in [0.5, 0.6) is 0 Å². The predicted molar refractivity (Wildman–Crippen MR) is 68.3 cm³/mol. The van der Waals surface area contributed by atoms with Crippen molar-refractivity contribution in [3.63, 3.8) is 0 Å². The number of hydrogen-bond acceptors (Lipinski definition) is 4. The summed E-state index contributed by atoms with van der Waals surface area (Å²) in [5.41, 5.74) is 1.42. The van der Waals surface area contributed by atoms with E-state index in [0.717, 1.165) is 4.90 Å². The van der Waals surface area contributed by atoms with Crippen LogP contribution in [0.15, 0.2) is 47.8 Å². The monoisotopic (exact) mass is 244 g/mol. The minimum Gasteiger partial charge on any atom is -0.294 e. The van der Waals surface area contributed by atoms with E-state index >= 15 is 0 Å². The molecule has 0 fully saturated rings. The highest BCUT2D eigenvalue weighted by Crippen LogP contribution is 2.15.